The second kappa shape index (κ2) is 6.32. The molecule has 0 aliphatic carbocycles. The SMILES string of the molecule is COc1cccc(COCC2CNCC(C)(C)O2)n1. The molecule has 19 heavy (non-hydrogen) atoms. The summed E-state index contributed by atoms with van der Waals surface area (Å²) in [6.45, 7) is 6.90. The number of methoxy groups -OCH3 is 1. The van der Waals surface area contributed by atoms with E-state index in [0.717, 1.165) is 18.8 Å². The smallest absolute Gasteiger partial charge is 0.213 e. The highest BCUT2D eigenvalue weighted by Gasteiger charge is 2.28. The van der Waals surface area contributed by atoms with E-state index in [0.29, 0.717) is 19.1 Å². The van der Waals surface area contributed by atoms with Gasteiger partial charge >= 0.3 is 0 Å². The van der Waals surface area contributed by atoms with E-state index in [1.54, 1.807) is 7.11 Å². The average molecular weight is 266 g/mol. The number of hydrogen-bond acceptors (Lipinski definition) is 5. The molecule has 0 bridgehead atoms. The highest BCUT2D eigenvalue weighted by molar-refractivity contribution is 5.14. The van der Waals surface area contributed by atoms with Crippen LogP contribution in [0, 0.1) is 0 Å². The fraction of sp³-hybridized carbons (Fsp3) is 0.643. The fourth-order valence-electron chi connectivity index (χ4n) is 2.11. The minimum atomic E-state index is -0.125. The number of ether oxygens (including phenoxy) is 3. The third kappa shape index (κ3) is 4.45. The van der Waals surface area contributed by atoms with Crippen LogP contribution in [0.5, 0.6) is 5.88 Å². The number of hydrogen-bond donors (Lipinski definition) is 1. The third-order valence-corrected chi connectivity index (χ3v) is 2.95. The van der Waals surface area contributed by atoms with Crippen LogP contribution in [-0.2, 0) is 16.1 Å². The summed E-state index contributed by atoms with van der Waals surface area (Å²) in [5, 5.41) is 3.35. The van der Waals surface area contributed by atoms with Gasteiger partial charge in [0.15, 0.2) is 0 Å². The lowest BCUT2D eigenvalue weighted by molar-refractivity contribution is -0.122. The number of morpholine rings is 1. The predicted octanol–water partition coefficient (Wildman–Crippen LogP) is 1.37. The summed E-state index contributed by atoms with van der Waals surface area (Å²) in [5.74, 6) is 0.609. The van der Waals surface area contributed by atoms with Gasteiger partial charge in [-0.05, 0) is 19.9 Å². The maximum atomic E-state index is 5.92. The molecule has 1 atom stereocenters. The van der Waals surface area contributed by atoms with Gasteiger partial charge in [-0.1, -0.05) is 6.07 Å². The molecule has 1 aliphatic rings. The summed E-state index contributed by atoms with van der Waals surface area (Å²) in [6, 6.07) is 5.65. The zero-order chi connectivity index (χ0) is 13.7. The molecular formula is C14H22N2O3. The molecule has 5 heteroatoms. The highest BCUT2D eigenvalue weighted by Crippen LogP contribution is 2.15. The van der Waals surface area contributed by atoms with E-state index in [9.17, 15) is 0 Å². The van der Waals surface area contributed by atoms with Crippen molar-refractivity contribution in [2.24, 2.45) is 0 Å². The zero-order valence-corrected chi connectivity index (χ0v) is 11.8. The molecular weight excluding hydrogens is 244 g/mol. The van der Waals surface area contributed by atoms with Crippen LogP contribution in [-0.4, -0.2) is 43.5 Å². The maximum Gasteiger partial charge on any atom is 0.213 e. The van der Waals surface area contributed by atoms with Crippen molar-refractivity contribution in [2.75, 3.05) is 26.8 Å². The van der Waals surface area contributed by atoms with Gasteiger partial charge in [-0.3, -0.25) is 0 Å². The van der Waals surface area contributed by atoms with Crippen molar-refractivity contribution in [1.29, 1.82) is 0 Å². The third-order valence-electron chi connectivity index (χ3n) is 2.95. The van der Waals surface area contributed by atoms with E-state index >= 15 is 0 Å². The van der Waals surface area contributed by atoms with Crippen LogP contribution >= 0.6 is 0 Å². The Morgan fingerprint density at radius 2 is 2.32 bits per heavy atom. The first-order chi connectivity index (χ1) is 9.09. The molecule has 1 saturated heterocycles. The van der Waals surface area contributed by atoms with Crippen LogP contribution in [0.15, 0.2) is 18.2 Å². The first-order valence-corrected chi connectivity index (χ1v) is 6.55. The Morgan fingerprint density at radius 3 is 3.05 bits per heavy atom. The van der Waals surface area contributed by atoms with E-state index in [2.05, 4.69) is 24.1 Å². The quantitative estimate of drug-likeness (QED) is 0.872. The first-order valence-electron chi connectivity index (χ1n) is 6.55. The van der Waals surface area contributed by atoms with Crippen molar-refractivity contribution < 1.29 is 14.2 Å². The number of nitrogens with one attached hydrogen (secondary N) is 1. The summed E-state index contributed by atoms with van der Waals surface area (Å²) in [7, 11) is 1.61. The monoisotopic (exact) mass is 266 g/mol. The number of nitrogens with zero attached hydrogens (tertiary/aromatic N) is 1. The second-order valence-corrected chi connectivity index (χ2v) is 5.32. The molecule has 0 amide bonds. The normalized spacial score (nSPS) is 22.2. The predicted molar refractivity (Wildman–Crippen MR) is 72.3 cm³/mol. The molecule has 2 rings (SSSR count). The maximum absolute atomic E-state index is 5.92. The van der Waals surface area contributed by atoms with Gasteiger partial charge in [0.1, 0.15) is 0 Å². The Kier molecular flexibility index (Phi) is 4.74. The summed E-state index contributed by atoms with van der Waals surface area (Å²) in [4.78, 5) is 4.30. The second-order valence-electron chi connectivity index (χ2n) is 5.32. The first kappa shape index (κ1) is 14.2. The molecule has 0 spiro atoms. The number of aromatic nitrogens is 1. The summed E-state index contributed by atoms with van der Waals surface area (Å²) >= 11 is 0. The van der Waals surface area contributed by atoms with Crippen molar-refractivity contribution in [2.45, 2.75) is 32.2 Å². The standard InChI is InChI=1S/C14H22N2O3/c1-14(2)10-15-7-12(19-14)9-18-8-11-5-4-6-13(16-11)17-3/h4-6,12,15H,7-10H2,1-3H3. The minimum absolute atomic E-state index is 0.0920. The molecule has 106 valence electrons. The molecule has 1 N–H and O–H groups in total. The molecule has 1 unspecified atom stereocenters. The van der Waals surface area contributed by atoms with Crippen molar-refractivity contribution >= 4 is 0 Å². The van der Waals surface area contributed by atoms with Gasteiger partial charge in [0.05, 0.1) is 37.7 Å². The lowest BCUT2D eigenvalue weighted by atomic mass is 10.1. The lowest BCUT2D eigenvalue weighted by Gasteiger charge is -2.36. The Hall–Kier alpha value is -1.17. The van der Waals surface area contributed by atoms with Gasteiger partial charge in [0.25, 0.3) is 0 Å². The van der Waals surface area contributed by atoms with Gasteiger partial charge in [-0.25, -0.2) is 4.98 Å². The molecule has 1 aromatic heterocycles. The molecule has 1 aromatic rings. The van der Waals surface area contributed by atoms with E-state index in [1.165, 1.54) is 0 Å². The molecule has 0 aromatic carbocycles. The number of rotatable bonds is 5. The van der Waals surface area contributed by atoms with Crippen LogP contribution in [0.1, 0.15) is 19.5 Å². The Morgan fingerprint density at radius 1 is 1.47 bits per heavy atom. The van der Waals surface area contributed by atoms with Gasteiger partial charge in [-0.2, -0.15) is 0 Å². The van der Waals surface area contributed by atoms with Gasteiger partial charge in [0.2, 0.25) is 5.88 Å². The minimum Gasteiger partial charge on any atom is -0.481 e. The van der Waals surface area contributed by atoms with Crippen molar-refractivity contribution in [1.82, 2.24) is 10.3 Å². The van der Waals surface area contributed by atoms with Crippen LogP contribution in [0.3, 0.4) is 0 Å². The molecule has 1 aliphatic heterocycles. The molecule has 0 radical (unpaired) electrons. The van der Waals surface area contributed by atoms with Gasteiger partial charge in [-0.15, -0.1) is 0 Å². The topological polar surface area (TPSA) is 52.6 Å². The summed E-state index contributed by atoms with van der Waals surface area (Å²) in [6.07, 6.45) is 0.0920. The van der Waals surface area contributed by atoms with E-state index in [1.807, 2.05) is 18.2 Å². The zero-order valence-electron chi connectivity index (χ0n) is 11.8. The Labute approximate surface area is 114 Å². The largest absolute Gasteiger partial charge is 0.481 e. The van der Waals surface area contributed by atoms with Crippen molar-refractivity contribution in [3.8, 4) is 5.88 Å². The number of pyridine rings is 1. The fourth-order valence-corrected chi connectivity index (χ4v) is 2.11. The molecule has 0 saturated carbocycles. The van der Waals surface area contributed by atoms with Crippen LogP contribution < -0.4 is 10.1 Å². The molecule has 2 heterocycles. The Bertz CT molecular complexity index is 409. The van der Waals surface area contributed by atoms with Crippen LogP contribution in [0.2, 0.25) is 0 Å². The van der Waals surface area contributed by atoms with E-state index in [-0.39, 0.29) is 11.7 Å². The molecule has 5 nitrogen and oxygen atoms in total. The summed E-state index contributed by atoms with van der Waals surface area (Å²) < 4.78 is 16.7. The van der Waals surface area contributed by atoms with Crippen molar-refractivity contribution in [3.05, 3.63) is 23.9 Å². The van der Waals surface area contributed by atoms with Gasteiger partial charge in [0, 0.05) is 19.2 Å². The van der Waals surface area contributed by atoms with E-state index < -0.39 is 0 Å². The highest BCUT2D eigenvalue weighted by atomic mass is 16.5. The molecule has 1 fully saturated rings. The van der Waals surface area contributed by atoms with Gasteiger partial charge < -0.3 is 19.5 Å². The Balaban J connectivity index is 1.76. The van der Waals surface area contributed by atoms with Crippen LogP contribution in [0.25, 0.3) is 0 Å². The summed E-state index contributed by atoms with van der Waals surface area (Å²) in [5.41, 5.74) is 0.739. The van der Waals surface area contributed by atoms with Crippen molar-refractivity contribution in [3.63, 3.8) is 0 Å². The average Bonchev–Trinajstić information content (AvgIpc) is 2.38. The van der Waals surface area contributed by atoms with Crippen LogP contribution in [0.4, 0.5) is 0 Å². The van der Waals surface area contributed by atoms with E-state index in [4.69, 9.17) is 14.2 Å². The lowest BCUT2D eigenvalue weighted by Crippen LogP contribution is -2.51.